The highest BCUT2D eigenvalue weighted by Crippen LogP contribution is 2.22. The minimum Gasteiger partial charge on any atom is -0.378 e. The van der Waals surface area contributed by atoms with E-state index < -0.39 is 0 Å². The van der Waals surface area contributed by atoms with Crippen LogP contribution in [0.25, 0.3) is 0 Å². The van der Waals surface area contributed by atoms with Crippen LogP contribution in [0.1, 0.15) is 45.2 Å². The minimum absolute atomic E-state index is 0.379. The highest BCUT2D eigenvalue weighted by molar-refractivity contribution is 5.14. The van der Waals surface area contributed by atoms with Crippen molar-refractivity contribution in [2.75, 3.05) is 6.61 Å². The maximum absolute atomic E-state index is 5.81. The molecule has 0 bridgehead atoms. The number of rotatable bonds is 4. The number of nitrogens with one attached hydrogen (secondary N) is 1. The van der Waals surface area contributed by atoms with Crippen LogP contribution in [0.5, 0.6) is 0 Å². The Bertz CT molecular complexity index is 353. The third-order valence-electron chi connectivity index (χ3n) is 3.75. The van der Waals surface area contributed by atoms with Gasteiger partial charge in [0, 0.05) is 31.1 Å². The van der Waals surface area contributed by atoms with Crippen molar-refractivity contribution in [2.45, 2.75) is 51.8 Å². The van der Waals surface area contributed by atoms with Gasteiger partial charge in [-0.05, 0) is 43.4 Å². The van der Waals surface area contributed by atoms with Crippen LogP contribution >= 0.6 is 0 Å². The summed E-state index contributed by atoms with van der Waals surface area (Å²) in [6.07, 6.45) is 6.34. The van der Waals surface area contributed by atoms with Gasteiger partial charge >= 0.3 is 0 Å². The van der Waals surface area contributed by atoms with Crippen molar-refractivity contribution in [3.8, 4) is 0 Å². The molecular formula is C15H24N2O. The van der Waals surface area contributed by atoms with Crippen LogP contribution in [0.15, 0.2) is 24.5 Å². The topological polar surface area (TPSA) is 34.2 Å². The second kappa shape index (κ2) is 6.30. The van der Waals surface area contributed by atoms with Gasteiger partial charge < -0.3 is 10.1 Å². The Morgan fingerprint density at radius 2 is 2.00 bits per heavy atom. The standard InChI is InChI=1S/C15H24N2O/c1-11(2)15-10-14(6-9-18-15)17-12(3)13-4-7-16-8-5-13/h4-5,7-8,11-12,14-15,17H,6,9-10H2,1-3H3/t12-,14?,15?/m0/s1. The van der Waals surface area contributed by atoms with Gasteiger partial charge in [-0.3, -0.25) is 4.98 Å². The number of hydrogen-bond acceptors (Lipinski definition) is 3. The molecule has 3 heteroatoms. The lowest BCUT2D eigenvalue weighted by Crippen LogP contribution is -2.41. The average molecular weight is 248 g/mol. The Balaban J connectivity index is 1.89. The maximum atomic E-state index is 5.81. The summed E-state index contributed by atoms with van der Waals surface area (Å²) in [5.41, 5.74) is 1.30. The van der Waals surface area contributed by atoms with Gasteiger partial charge in [0.2, 0.25) is 0 Å². The van der Waals surface area contributed by atoms with Crippen LogP contribution in [0.4, 0.5) is 0 Å². The lowest BCUT2D eigenvalue weighted by Gasteiger charge is -2.34. The van der Waals surface area contributed by atoms with E-state index in [0.717, 1.165) is 19.4 Å². The quantitative estimate of drug-likeness (QED) is 0.889. The van der Waals surface area contributed by atoms with E-state index in [9.17, 15) is 0 Å². The van der Waals surface area contributed by atoms with E-state index in [4.69, 9.17) is 4.74 Å². The fourth-order valence-electron chi connectivity index (χ4n) is 2.55. The SMILES string of the molecule is CC(C)C1CC(N[C@@H](C)c2ccncc2)CCO1. The number of hydrogen-bond donors (Lipinski definition) is 1. The Morgan fingerprint density at radius 1 is 1.28 bits per heavy atom. The largest absolute Gasteiger partial charge is 0.378 e. The summed E-state index contributed by atoms with van der Waals surface area (Å²) in [5, 5.41) is 3.71. The normalized spacial score (nSPS) is 26.2. The molecule has 18 heavy (non-hydrogen) atoms. The van der Waals surface area contributed by atoms with Crippen molar-refractivity contribution in [3.05, 3.63) is 30.1 Å². The molecule has 2 unspecified atom stereocenters. The minimum atomic E-state index is 0.379. The number of aromatic nitrogens is 1. The summed E-state index contributed by atoms with van der Waals surface area (Å²) in [4.78, 5) is 4.06. The monoisotopic (exact) mass is 248 g/mol. The molecule has 1 saturated heterocycles. The molecule has 1 aromatic rings. The molecule has 0 radical (unpaired) electrons. The van der Waals surface area contributed by atoms with Crippen LogP contribution in [-0.2, 0) is 4.74 Å². The van der Waals surface area contributed by atoms with E-state index in [2.05, 4.69) is 43.2 Å². The number of nitrogens with zero attached hydrogens (tertiary/aromatic N) is 1. The second-order valence-corrected chi connectivity index (χ2v) is 5.54. The predicted molar refractivity (Wildman–Crippen MR) is 73.4 cm³/mol. The maximum Gasteiger partial charge on any atom is 0.0612 e. The molecule has 0 saturated carbocycles. The zero-order chi connectivity index (χ0) is 13.0. The van der Waals surface area contributed by atoms with Crippen LogP contribution < -0.4 is 5.32 Å². The molecule has 3 atom stereocenters. The third kappa shape index (κ3) is 3.53. The van der Waals surface area contributed by atoms with Crippen molar-refractivity contribution >= 4 is 0 Å². The summed E-state index contributed by atoms with van der Waals surface area (Å²) in [7, 11) is 0. The third-order valence-corrected chi connectivity index (χ3v) is 3.75. The molecule has 0 amide bonds. The molecule has 2 rings (SSSR count). The smallest absolute Gasteiger partial charge is 0.0612 e. The molecule has 1 N–H and O–H groups in total. The molecule has 2 heterocycles. The lowest BCUT2D eigenvalue weighted by atomic mass is 9.94. The van der Waals surface area contributed by atoms with Gasteiger partial charge in [-0.2, -0.15) is 0 Å². The van der Waals surface area contributed by atoms with Crippen LogP contribution in [0, 0.1) is 5.92 Å². The highest BCUT2D eigenvalue weighted by Gasteiger charge is 2.25. The highest BCUT2D eigenvalue weighted by atomic mass is 16.5. The summed E-state index contributed by atoms with van der Waals surface area (Å²) < 4.78 is 5.81. The van der Waals surface area contributed by atoms with Gasteiger partial charge in [0.25, 0.3) is 0 Å². The molecule has 1 aromatic heterocycles. The molecule has 0 spiro atoms. The van der Waals surface area contributed by atoms with E-state index >= 15 is 0 Å². The van der Waals surface area contributed by atoms with E-state index in [1.165, 1.54) is 5.56 Å². The molecule has 0 aromatic carbocycles. The fraction of sp³-hybridized carbons (Fsp3) is 0.667. The van der Waals surface area contributed by atoms with Crippen LogP contribution in [0.2, 0.25) is 0 Å². The van der Waals surface area contributed by atoms with Crippen molar-refractivity contribution in [1.82, 2.24) is 10.3 Å². The summed E-state index contributed by atoms with van der Waals surface area (Å²) in [5.74, 6) is 0.603. The van der Waals surface area contributed by atoms with Crippen molar-refractivity contribution in [1.29, 1.82) is 0 Å². The summed E-state index contributed by atoms with van der Waals surface area (Å²) in [6.45, 7) is 7.57. The summed E-state index contributed by atoms with van der Waals surface area (Å²) in [6, 6.07) is 5.10. The lowest BCUT2D eigenvalue weighted by molar-refractivity contribution is -0.0257. The van der Waals surface area contributed by atoms with E-state index in [1.54, 1.807) is 0 Å². The van der Waals surface area contributed by atoms with Crippen LogP contribution in [0.3, 0.4) is 0 Å². The second-order valence-electron chi connectivity index (χ2n) is 5.54. The first-order valence-corrected chi connectivity index (χ1v) is 6.94. The van der Waals surface area contributed by atoms with E-state index in [0.29, 0.717) is 24.1 Å². The van der Waals surface area contributed by atoms with Crippen LogP contribution in [-0.4, -0.2) is 23.7 Å². The zero-order valence-corrected chi connectivity index (χ0v) is 11.6. The van der Waals surface area contributed by atoms with Crippen molar-refractivity contribution in [3.63, 3.8) is 0 Å². The Kier molecular flexibility index (Phi) is 4.72. The summed E-state index contributed by atoms with van der Waals surface area (Å²) >= 11 is 0. The first-order valence-electron chi connectivity index (χ1n) is 6.94. The first kappa shape index (κ1) is 13.5. The Labute approximate surface area is 110 Å². The Morgan fingerprint density at radius 3 is 2.67 bits per heavy atom. The molecule has 0 aliphatic carbocycles. The van der Waals surface area contributed by atoms with E-state index in [1.807, 2.05) is 12.4 Å². The molecule has 100 valence electrons. The van der Waals surface area contributed by atoms with Gasteiger partial charge in [0.05, 0.1) is 6.10 Å². The molecule has 1 aliphatic heterocycles. The molecule has 3 nitrogen and oxygen atoms in total. The van der Waals surface area contributed by atoms with Gasteiger partial charge in [0.15, 0.2) is 0 Å². The predicted octanol–water partition coefficient (Wildman–Crippen LogP) is 2.94. The van der Waals surface area contributed by atoms with E-state index in [-0.39, 0.29) is 0 Å². The number of pyridine rings is 1. The molecular weight excluding hydrogens is 224 g/mol. The van der Waals surface area contributed by atoms with Gasteiger partial charge in [-0.25, -0.2) is 0 Å². The van der Waals surface area contributed by atoms with Gasteiger partial charge in [0.1, 0.15) is 0 Å². The number of ether oxygens (including phenoxy) is 1. The van der Waals surface area contributed by atoms with Crippen molar-refractivity contribution in [2.24, 2.45) is 5.92 Å². The first-order chi connectivity index (χ1) is 8.66. The molecule has 1 aliphatic rings. The zero-order valence-electron chi connectivity index (χ0n) is 11.6. The van der Waals surface area contributed by atoms with Gasteiger partial charge in [-0.1, -0.05) is 13.8 Å². The molecule has 1 fully saturated rings. The average Bonchev–Trinajstić information content (AvgIpc) is 2.40. The van der Waals surface area contributed by atoms with Gasteiger partial charge in [-0.15, -0.1) is 0 Å². The van der Waals surface area contributed by atoms with Crippen molar-refractivity contribution < 1.29 is 4.74 Å². The fourth-order valence-corrected chi connectivity index (χ4v) is 2.55. The Hall–Kier alpha value is -0.930.